The van der Waals surface area contributed by atoms with Crippen LogP contribution in [0.2, 0.25) is 0 Å². The van der Waals surface area contributed by atoms with Gasteiger partial charge in [-0.1, -0.05) is 6.07 Å². The first-order chi connectivity index (χ1) is 7.59. The van der Waals surface area contributed by atoms with E-state index < -0.39 is 17.5 Å². The highest BCUT2D eigenvalue weighted by atomic mass is 19.2. The zero-order valence-corrected chi connectivity index (χ0v) is 8.47. The Morgan fingerprint density at radius 2 is 1.81 bits per heavy atom. The van der Waals surface area contributed by atoms with Crippen LogP contribution in [0.5, 0.6) is 0 Å². The molecule has 1 aromatic carbocycles. The molecule has 0 saturated carbocycles. The average Bonchev–Trinajstić information content (AvgIpc) is 2.26. The summed E-state index contributed by atoms with van der Waals surface area (Å²) in [6.07, 6.45) is 1.29. The van der Waals surface area contributed by atoms with Crippen molar-refractivity contribution >= 4 is 0 Å². The van der Waals surface area contributed by atoms with Gasteiger partial charge in [-0.05, 0) is 19.1 Å². The van der Waals surface area contributed by atoms with Crippen LogP contribution < -0.4 is 0 Å². The van der Waals surface area contributed by atoms with Gasteiger partial charge >= 0.3 is 0 Å². The molecule has 0 atom stereocenters. The highest BCUT2D eigenvalue weighted by molar-refractivity contribution is 5.60. The van der Waals surface area contributed by atoms with E-state index in [-0.39, 0.29) is 11.3 Å². The number of benzene rings is 1. The van der Waals surface area contributed by atoms with Crippen molar-refractivity contribution in [1.82, 2.24) is 4.98 Å². The van der Waals surface area contributed by atoms with Gasteiger partial charge in [0.05, 0.1) is 5.69 Å². The largest absolute Gasteiger partial charge is 0.256 e. The maximum atomic E-state index is 13.4. The number of aromatic nitrogens is 1. The van der Waals surface area contributed by atoms with E-state index in [0.717, 1.165) is 12.1 Å². The molecule has 1 nitrogen and oxygen atoms in total. The molecule has 0 N–H and O–H groups in total. The van der Waals surface area contributed by atoms with Gasteiger partial charge in [0, 0.05) is 23.4 Å². The molecule has 0 bridgehead atoms. The Morgan fingerprint density at radius 3 is 2.50 bits per heavy atom. The van der Waals surface area contributed by atoms with E-state index >= 15 is 0 Å². The van der Waals surface area contributed by atoms with Crippen LogP contribution in [0.1, 0.15) is 5.56 Å². The van der Waals surface area contributed by atoms with E-state index in [1.807, 2.05) is 0 Å². The van der Waals surface area contributed by atoms with Crippen LogP contribution in [0.3, 0.4) is 0 Å². The molecule has 2 rings (SSSR count). The summed E-state index contributed by atoms with van der Waals surface area (Å²) in [6.45, 7) is 1.55. The maximum Gasteiger partial charge on any atom is 0.168 e. The summed E-state index contributed by atoms with van der Waals surface area (Å²) < 4.78 is 39.6. The van der Waals surface area contributed by atoms with Crippen molar-refractivity contribution in [3.63, 3.8) is 0 Å². The summed E-state index contributed by atoms with van der Waals surface area (Å²) in [5.74, 6) is -2.48. The number of nitrogens with zero attached hydrogens (tertiary/aromatic N) is 1. The third-order valence-corrected chi connectivity index (χ3v) is 2.26. The zero-order valence-electron chi connectivity index (χ0n) is 8.47. The first-order valence-corrected chi connectivity index (χ1v) is 4.66. The van der Waals surface area contributed by atoms with Gasteiger partial charge in [-0.2, -0.15) is 0 Å². The smallest absolute Gasteiger partial charge is 0.168 e. The summed E-state index contributed by atoms with van der Waals surface area (Å²) in [5, 5.41) is 0. The molecular weight excluding hydrogens is 215 g/mol. The molecule has 0 radical (unpaired) electrons. The Balaban J connectivity index is 2.59. The van der Waals surface area contributed by atoms with Gasteiger partial charge < -0.3 is 0 Å². The highest BCUT2D eigenvalue weighted by Crippen LogP contribution is 2.23. The second-order valence-corrected chi connectivity index (χ2v) is 3.42. The predicted octanol–water partition coefficient (Wildman–Crippen LogP) is 3.47. The molecule has 0 aliphatic carbocycles. The van der Waals surface area contributed by atoms with Crippen molar-refractivity contribution in [3.05, 3.63) is 53.5 Å². The number of halogens is 3. The Hall–Kier alpha value is -1.84. The van der Waals surface area contributed by atoms with Crippen molar-refractivity contribution in [3.8, 4) is 11.3 Å². The van der Waals surface area contributed by atoms with Crippen molar-refractivity contribution in [2.24, 2.45) is 0 Å². The fourth-order valence-electron chi connectivity index (χ4n) is 1.35. The Labute approximate surface area is 90.6 Å². The molecular formula is C12H8F3N. The molecule has 2 aromatic rings. The fourth-order valence-corrected chi connectivity index (χ4v) is 1.35. The van der Waals surface area contributed by atoms with Gasteiger partial charge in [0.2, 0.25) is 0 Å². The third kappa shape index (κ3) is 1.78. The first-order valence-electron chi connectivity index (χ1n) is 4.66. The molecule has 16 heavy (non-hydrogen) atoms. The molecule has 0 spiro atoms. The number of hydrogen-bond acceptors (Lipinski definition) is 1. The van der Waals surface area contributed by atoms with Gasteiger partial charge in [-0.15, -0.1) is 0 Å². The Morgan fingerprint density at radius 1 is 1.06 bits per heavy atom. The minimum Gasteiger partial charge on any atom is -0.256 e. The molecule has 82 valence electrons. The van der Waals surface area contributed by atoms with Crippen molar-refractivity contribution < 1.29 is 13.2 Å². The van der Waals surface area contributed by atoms with Crippen LogP contribution in [0.25, 0.3) is 11.3 Å². The van der Waals surface area contributed by atoms with E-state index in [9.17, 15) is 13.2 Å². The second-order valence-electron chi connectivity index (χ2n) is 3.42. The normalized spacial score (nSPS) is 10.5. The highest BCUT2D eigenvalue weighted by Gasteiger charge is 2.11. The lowest BCUT2D eigenvalue weighted by atomic mass is 10.1. The van der Waals surface area contributed by atoms with Gasteiger partial charge in [-0.3, -0.25) is 4.98 Å². The molecule has 1 heterocycles. The lowest BCUT2D eigenvalue weighted by Crippen LogP contribution is -1.93. The van der Waals surface area contributed by atoms with E-state index in [0.29, 0.717) is 5.56 Å². The lowest BCUT2D eigenvalue weighted by Gasteiger charge is -2.04. The average molecular weight is 223 g/mol. The monoisotopic (exact) mass is 223 g/mol. The van der Waals surface area contributed by atoms with E-state index in [2.05, 4.69) is 4.98 Å². The fraction of sp³-hybridized carbons (Fsp3) is 0.0833. The molecule has 0 aliphatic rings. The van der Waals surface area contributed by atoms with E-state index in [4.69, 9.17) is 0 Å². The summed E-state index contributed by atoms with van der Waals surface area (Å²) in [7, 11) is 0. The number of pyridine rings is 1. The molecule has 0 amide bonds. The molecule has 0 unspecified atom stereocenters. The third-order valence-electron chi connectivity index (χ3n) is 2.26. The SMILES string of the molecule is Cc1cnc(-c2cccc(F)c2F)cc1F. The Kier molecular flexibility index (Phi) is 2.64. The van der Waals surface area contributed by atoms with Crippen molar-refractivity contribution in [2.45, 2.75) is 6.92 Å². The van der Waals surface area contributed by atoms with Crippen LogP contribution in [0, 0.1) is 24.4 Å². The topological polar surface area (TPSA) is 12.9 Å². The molecule has 0 aliphatic heterocycles. The first kappa shape index (κ1) is 10.7. The van der Waals surface area contributed by atoms with Gasteiger partial charge in [-0.25, -0.2) is 13.2 Å². The molecule has 4 heteroatoms. The molecule has 0 saturated heterocycles. The maximum absolute atomic E-state index is 13.4. The van der Waals surface area contributed by atoms with Gasteiger partial charge in [0.1, 0.15) is 5.82 Å². The standard InChI is InChI=1S/C12H8F3N/c1-7-6-16-11(5-10(7)14)8-3-2-4-9(13)12(8)15/h2-6H,1H3. The lowest BCUT2D eigenvalue weighted by molar-refractivity contribution is 0.510. The summed E-state index contributed by atoms with van der Waals surface area (Å²) in [4.78, 5) is 3.86. The number of aryl methyl sites for hydroxylation is 1. The predicted molar refractivity (Wildman–Crippen MR) is 54.3 cm³/mol. The second kappa shape index (κ2) is 3.96. The zero-order chi connectivity index (χ0) is 11.7. The quantitative estimate of drug-likeness (QED) is 0.721. The van der Waals surface area contributed by atoms with Crippen LogP contribution in [-0.2, 0) is 0 Å². The molecule has 0 fully saturated rings. The minimum absolute atomic E-state index is 0.0427. The number of rotatable bonds is 1. The van der Waals surface area contributed by atoms with Crippen LogP contribution in [-0.4, -0.2) is 4.98 Å². The van der Waals surface area contributed by atoms with Crippen LogP contribution in [0.15, 0.2) is 30.5 Å². The molecule has 1 aromatic heterocycles. The van der Waals surface area contributed by atoms with Crippen LogP contribution in [0.4, 0.5) is 13.2 Å². The summed E-state index contributed by atoms with van der Waals surface area (Å²) in [5.41, 5.74) is 0.402. The Bertz CT molecular complexity index is 538. The minimum atomic E-state index is -1.02. The van der Waals surface area contributed by atoms with Crippen molar-refractivity contribution in [2.75, 3.05) is 0 Å². The van der Waals surface area contributed by atoms with E-state index in [1.165, 1.54) is 18.3 Å². The van der Waals surface area contributed by atoms with Gasteiger partial charge in [0.15, 0.2) is 11.6 Å². The summed E-state index contributed by atoms with van der Waals surface area (Å²) >= 11 is 0. The van der Waals surface area contributed by atoms with Crippen molar-refractivity contribution in [1.29, 1.82) is 0 Å². The summed E-state index contributed by atoms with van der Waals surface area (Å²) in [6, 6.07) is 4.80. The van der Waals surface area contributed by atoms with Gasteiger partial charge in [0.25, 0.3) is 0 Å². The number of hydrogen-bond donors (Lipinski definition) is 0. The van der Waals surface area contributed by atoms with E-state index in [1.54, 1.807) is 6.92 Å². The van der Waals surface area contributed by atoms with Crippen LogP contribution >= 0.6 is 0 Å².